The van der Waals surface area contributed by atoms with Crippen LogP contribution in [0.2, 0.25) is 0 Å². The van der Waals surface area contributed by atoms with Crippen molar-refractivity contribution in [1.29, 1.82) is 0 Å². The molecule has 0 aliphatic heterocycles. The molecule has 1 atom stereocenters. The topological polar surface area (TPSA) is 32.3 Å². The molecule has 0 aliphatic carbocycles. The number of hydrogen-bond donors (Lipinski definition) is 2. The fourth-order valence-corrected chi connectivity index (χ4v) is 1.37. The lowest BCUT2D eigenvalue weighted by Crippen LogP contribution is -2.17. The average Bonchev–Trinajstić information content (AvgIpc) is 2.11. The molecule has 0 rings (SSSR count). The second-order valence-electron chi connectivity index (χ2n) is 2.99. The van der Waals surface area contributed by atoms with E-state index in [0.29, 0.717) is 6.54 Å². The van der Waals surface area contributed by atoms with Crippen LogP contribution in [0.3, 0.4) is 0 Å². The Bertz CT molecular complexity index is 162. The van der Waals surface area contributed by atoms with Crippen molar-refractivity contribution in [2.24, 2.45) is 0 Å². The highest BCUT2D eigenvalue weighted by Gasteiger charge is 1.94. The number of hydrogen-bond acceptors (Lipinski definition) is 2. The zero-order chi connectivity index (χ0) is 9.94. The summed E-state index contributed by atoms with van der Waals surface area (Å²) in [6.45, 7) is 2.74. The summed E-state index contributed by atoms with van der Waals surface area (Å²) in [5, 5.41) is 9.21. The predicted molar refractivity (Wildman–Crippen MR) is 64.6 cm³/mol. The Morgan fingerprint density at radius 3 is 2.77 bits per heavy atom. The molecule has 13 heavy (non-hydrogen) atoms. The van der Waals surface area contributed by atoms with Crippen molar-refractivity contribution in [2.75, 3.05) is 6.54 Å². The van der Waals surface area contributed by atoms with Gasteiger partial charge in [-0.1, -0.05) is 32.1 Å². The molecule has 2 nitrogen and oxygen atoms in total. The van der Waals surface area contributed by atoms with Crippen LogP contribution < -0.4 is 3.53 Å². The van der Waals surface area contributed by atoms with Crippen LogP contribution in [0, 0.1) is 11.8 Å². The maximum atomic E-state index is 9.21. The first-order valence-corrected chi connectivity index (χ1v) is 5.89. The van der Waals surface area contributed by atoms with E-state index >= 15 is 0 Å². The zero-order valence-electron chi connectivity index (χ0n) is 8.15. The van der Waals surface area contributed by atoms with E-state index in [4.69, 9.17) is 0 Å². The molecule has 1 unspecified atom stereocenters. The van der Waals surface area contributed by atoms with Gasteiger partial charge < -0.3 is 5.11 Å². The van der Waals surface area contributed by atoms with E-state index in [2.05, 4.69) is 22.3 Å². The molecule has 0 radical (unpaired) electrons. The van der Waals surface area contributed by atoms with Crippen LogP contribution in [0.15, 0.2) is 0 Å². The smallest absolute Gasteiger partial charge is 0.127 e. The van der Waals surface area contributed by atoms with Crippen molar-refractivity contribution in [3.8, 4) is 11.8 Å². The van der Waals surface area contributed by atoms with Gasteiger partial charge in [-0.25, -0.2) is 0 Å². The second-order valence-corrected chi connectivity index (χ2v) is 3.75. The molecule has 0 amide bonds. The summed E-state index contributed by atoms with van der Waals surface area (Å²) in [5.74, 6) is 5.78. The lowest BCUT2D eigenvalue weighted by atomic mass is 10.1. The minimum atomic E-state index is -0.511. The maximum absolute atomic E-state index is 9.21. The third kappa shape index (κ3) is 10.1. The monoisotopic (exact) mass is 295 g/mol. The first-order valence-electron chi connectivity index (χ1n) is 4.81. The first-order chi connectivity index (χ1) is 6.31. The van der Waals surface area contributed by atoms with E-state index in [9.17, 15) is 5.11 Å². The minimum Gasteiger partial charge on any atom is -0.379 e. The van der Waals surface area contributed by atoms with Gasteiger partial charge in [0.1, 0.15) is 6.10 Å². The molecule has 0 spiro atoms. The molecule has 0 aromatic rings. The van der Waals surface area contributed by atoms with E-state index in [1.165, 1.54) is 19.3 Å². The van der Waals surface area contributed by atoms with Crippen LogP contribution in [0.4, 0.5) is 0 Å². The SMILES string of the molecule is CCCCCCC#CC(O)CNI. The van der Waals surface area contributed by atoms with Crippen LogP contribution in [0.25, 0.3) is 0 Å². The number of halogens is 1. The second kappa shape index (κ2) is 10.3. The normalized spacial score (nSPS) is 11.9. The third-order valence-corrected chi connectivity index (χ3v) is 2.13. The summed E-state index contributed by atoms with van der Waals surface area (Å²) >= 11 is 2.00. The zero-order valence-corrected chi connectivity index (χ0v) is 10.3. The van der Waals surface area contributed by atoms with Gasteiger partial charge in [0.15, 0.2) is 0 Å². The van der Waals surface area contributed by atoms with Gasteiger partial charge in [-0.15, -0.1) is 5.92 Å². The Labute approximate surface area is 95.0 Å². The van der Waals surface area contributed by atoms with Crippen molar-refractivity contribution in [3.63, 3.8) is 0 Å². The van der Waals surface area contributed by atoms with Crippen molar-refractivity contribution < 1.29 is 5.11 Å². The third-order valence-electron chi connectivity index (χ3n) is 1.69. The van der Waals surface area contributed by atoms with Crippen molar-refractivity contribution in [1.82, 2.24) is 3.53 Å². The van der Waals surface area contributed by atoms with Crippen LogP contribution in [0.1, 0.15) is 39.0 Å². The highest BCUT2D eigenvalue weighted by Crippen LogP contribution is 2.00. The summed E-state index contributed by atoms with van der Waals surface area (Å²) in [4.78, 5) is 0. The molecule has 0 saturated carbocycles. The maximum Gasteiger partial charge on any atom is 0.127 e. The summed E-state index contributed by atoms with van der Waals surface area (Å²) in [5.41, 5.74) is 0. The Morgan fingerprint density at radius 2 is 2.15 bits per heavy atom. The molecule has 0 heterocycles. The first kappa shape index (κ1) is 13.2. The molecule has 0 aliphatic rings. The molecular weight excluding hydrogens is 277 g/mol. The van der Waals surface area contributed by atoms with Gasteiger partial charge in [0, 0.05) is 35.8 Å². The standard InChI is InChI=1S/C10H18INO/c1-2-3-4-5-6-7-8-10(13)9-12-11/h10,12-13H,2-6,9H2,1H3. The molecule has 76 valence electrons. The van der Waals surface area contributed by atoms with Crippen molar-refractivity contribution in [2.45, 2.75) is 45.1 Å². The molecule has 0 aromatic carbocycles. The van der Waals surface area contributed by atoms with E-state index in [1.807, 2.05) is 22.9 Å². The Morgan fingerprint density at radius 1 is 1.38 bits per heavy atom. The fraction of sp³-hybridized carbons (Fsp3) is 0.800. The summed E-state index contributed by atoms with van der Waals surface area (Å²) < 4.78 is 2.85. The molecule has 3 heteroatoms. The quantitative estimate of drug-likeness (QED) is 0.341. The summed E-state index contributed by atoms with van der Waals surface area (Å²) in [6.07, 6.45) is 5.37. The van der Waals surface area contributed by atoms with Crippen LogP contribution in [-0.4, -0.2) is 17.8 Å². The van der Waals surface area contributed by atoms with Gasteiger partial charge in [0.25, 0.3) is 0 Å². The summed E-state index contributed by atoms with van der Waals surface area (Å²) in [6, 6.07) is 0. The Kier molecular flexibility index (Phi) is 10.5. The highest BCUT2D eigenvalue weighted by atomic mass is 127. The van der Waals surface area contributed by atoms with Crippen molar-refractivity contribution >= 4 is 22.9 Å². The van der Waals surface area contributed by atoms with E-state index in [-0.39, 0.29) is 0 Å². The largest absolute Gasteiger partial charge is 0.379 e. The minimum absolute atomic E-state index is 0.511. The Balaban J connectivity index is 3.28. The molecular formula is C10H18INO. The number of aliphatic hydroxyl groups is 1. The highest BCUT2D eigenvalue weighted by molar-refractivity contribution is 14.1. The number of unbranched alkanes of at least 4 members (excludes halogenated alkanes) is 4. The van der Waals surface area contributed by atoms with Gasteiger partial charge in [-0.05, 0) is 6.42 Å². The Hall–Kier alpha value is 0.210. The van der Waals surface area contributed by atoms with E-state index in [1.54, 1.807) is 0 Å². The molecule has 0 bridgehead atoms. The van der Waals surface area contributed by atoms with Crippen molar-refractivity contribution in [3.05, 3.63) is 0 Å². The van der Waals surface area contributed by atoms with E-state index < -0.39 is 6.10 Å². The lowest BCUT2D eigenvalue weighted by molar-refractivity contribution is 0.238. The van der Waals surface area contributed by atoms with Gasteiger partial charge in [0.2, 0.25) is 0 Å². The predicted octanol–water partition coefficient (Wildman–Crippen LogP) is 2.26. The van der Waals surface area contributed by atoms with Gasteiger partial charge in [-0.3, -0.25) is 3.53 Å². The van der Waals surface area contributed by atoms with Gasteiger partial charge in [-0.2, -0.15) is 0 Å². The van der Waals surface area contributed by atoms with Crippen LogP contribution >= 0.6 is 22.9 Å². The molecule has 2 N–H and O–H groups in total. The number of rotatable bonds is 6. The van der Waals surface area contributed by atoms with E-state index in [0.717, 1.165) is 12.8 Å². The number of nitrogens with one attached hydrogen (secondary N) is 1. The fourth-order valence-electron chi connectivity index (χ4n) is 0.954. The summed E-state index contributed by atoms with van der Waals surface area (Å²) in [7, 11) is 0. The lowest BCUT2D eigenvalue weighted by Gasteiger charge is -1.98. The molecule has 0 saturated heterocycles. The van der Waals surface area contributed by atoms with Gasteiger partial charge in [0.05, 0.1) is 0 Å². The average molecular weight is 295 g/mol. The van der Waals surface area contributed by atoms with Crippen LogP contribution in [-0.2, 0) is 0 Å². The van der Waals surface area contributed by atoms with Crippen LogP contribution in [0.5, 0.6) is 0 Å². The van der Waals surface area contributed by atoms with Gasteiger partial charge >= 0.3 is 0 Å². The molecule has 0 aromatic heterocycles. The number of aliphatic hydroxyl groups excluding tert-OH is 1. The molecule has 0 fully saturated rings.